The Morgan fingerprint density at radius 1 is 1.29 bits per heavy atom. The molecule has 1 aliphatic heterocycles. The lowest BCUT2D eigenvalue weighted by atomic mass is 9.89. The molecule has 0 saturated heterocycles. The van der Waals surface area contributed by atoms with Crippen LogP contribution in [0.5, 0.6) is 0 Å². The molecule has 0 aromatic carbocycles. The van der Waals surface area contributed by atoms with Gasteiger partial charge in [0.1, 0.15) is 5.82 Å². The number of hydrogen-bond donors (Lipinski definition) is 2. The summed E-state index contributed by atoms with van der Waals surface area (Å²) < 4.78 is 1.80. The number of hydrogen-bond acceptors (Lipinski definition) is 4. The molecule has 0 bridgehead atoms. The molecule has 7 nitrogen and oxygen atoms in total. The second kappa shape index (κ2) is 5.15. The maximum atomic E-state index is 12.2. The van der Waals surface area contributed by atoms with Gasteiger partial charge in [-0.25, -0.2) is 14.5 Å². The number of carbonyl (C=O) groups is 1. The van der Waals surface area contributed by atoms with Crippen molar-refractivity contribution < 1.29 is 4.79 Å². The van der Waals surface area contributed by atoms with Crippen molar-refractivity contribution >= 4 is 17.4 Å². The Labute approximate surface area is 139 Å². The summed E-state index contributed by atoms with van der Waals surface area (Å²) in [6.07, 6.45) is 1.19. The summed E-state index contributed by atoms with van der Waals surface area (Å²) in [5.74, 6) is 1.37. The molecule has 1 unspecified atom stereocenters. The number of anilines is 1. The molecule has 0 saturated carbocycles. The van der Waals surface area contributed by atoms with Crippen molar-refractivity contribution in [1.82, 2.24) is 24.6 Å². The van der Waals surface area contributed by atoms with E-state index in [9.17, 15) is 4.79 Å². The zero-order valence-corrected chi connectivity index (χ0v) is 14.3. The molecule has 3 aromatic rings. The van der Waals surface area contributed by atoms with Crippen molar-refractivity contribution in [2.45, 2.75) is 46.5 Å². The van der Waals surface area contributed by atoms with Crippen LogP contribution < -0.4 is 5.32 Å². The Bertz CT molecular complexity index is 967. The normalized spacial score (nSPS) is 17.2. The molecule has 4 heterocycles. The van der Waals surface area contributed by atoms with E-state index in [0.717, 1.165) is 46.2 Å². The molecule has 0 spiro atoms. The molecule has 3 aromatic heterocycles. The molecule has 1 atom stereocenters. The maximum Gasteiger partial charge on any atom is 0.226 e. The van der Waals surface area contributed by atoms with Crippen LogP contribution in [-0.4, -0.2) is 30.5 Å². The third-order valence-electron chi connectivity index (χ3n) is 4.56. The SMILES string of the molecule is CCc1nc(C2CC(=O)Nc3nn4c(C)cc(C)nc4c32)c(C)[nH]1. The number of aromatic amines is 1. The maximum absolute atomic E-state index is 12.2. The third kappa shape index (κ3) is 2.11. The molecule has 1 aliphatic rings. The smallest absolute Gasteiger partial charge is 0.226 e. The molecule has 2 N–H and O–H groups in total. The van der Waals surface area contributed by atoms with E-state index in [0.29, 0.717) is 12.2 Å². The zero-order valence-electron chi connectivity index (χ0n) is 14.3. The van der Waals surface area contributed by atoms with E-state index in [4.69, 9.17) is 4.98 Å². The van der Waals surface area contributed by atoms with Gasteiger partial charge in [-0.05, 0) is 26.8 Å². The summed E-state index contributed by atoms with van der Waals surface area (Å²) in [5.41, 5.74) is 5.60. The Morgan fingerprint density at radius 2 is 2.08 bits per heavy atom. The first-order chi connectivity index (χ1) is 11.5. The summed E-state index contributed by atoms with van der Waals surface area (Å²) >= 11 is 0. The Kier molecular flexibility index (Phi) is 3.19. The molecular formula is C17H20N6O. The van der Waals surface area contributed by atoms with Crippen LogP contribution in [0.15, 0.2) is 6.07 Å². The van der Waals surface area contributed by atoms with Crippen LogP contribution >= 0.6 is 0 Å². The molecule has 4 rings (SSSR count). The van der Waals surface area contributed by atoms with Crippen molar-refractivity contribution in [3.8, 4) is 0 Å². The van der Waals surface area contributed by atoms with Crippen LogP contribution in [0.3, 0.4) is 0 Å². The summed E-state index contributed by atoms with van der Waals surface area (Å²) in [6.45, 7) is 8.03. The largest absolute Gasteiger partial charge is 0.346 e. The lowest BCUT2D eigenvalue weighted by molar-refractivity contribution is -0.116. The van der Waals surface area contributed by atoms with Gasteiger partial charge in [-0.15, -0.1) is 5.10 Å². The van der Waals surface area contributed by atoms with Crippen LogP contribution in [-0.2, 0) is 11.2 Å². The quantitative estimate of drug-likeness (QED) is 0.758. The Morgan fingerprint density at radius 3 is 2.79 bits per heavy atom. The molecule has 1 amide bonds. The first-order valence-electron chi connectivity index (χ1n) is 8.20. The summed E-state index contributed by atoms with van der Waals surface area (Å²) in [7, 11) is 0. The number of aryl methyl sites for hydroxylation is 4. The number of aromatic nitrogens is 5. The predicted molar refractivity (Wildman–Crippen MR) is 90.3 cm³/mol. The van der Waals surface area contributed by atoms with Gasteiger partial charge in [0.25, 0.3) is 0 Å². The fourth-order valence-corrected chi connectivity index (χ4v) is 3.50. The summed E-state index contributed by atoms with van der Waals surface area (Å²) in [4.78, 5) is 24.9. The van der Waals surface area contributed by atoms with Gasteiger partial charge in [-0.2, -0.15) is 0 Å². The van der Waals surface area contributed by atoms with Gasteiger partial charge in [0.05, 0.1) is 11.3 Å². The number of fused-ring (bicyclic) bond motifs is 3. The average molecular weight is 324 g/mol. The van der Waals surface area contributed by atoms with Crippen LogP contribution in [0.2, 0.25) is 0 Å². The second-order valence-electron chi connectivity index (χ2n) is 6.39. The highest BCUT2D eigenvalue weighted by Crippen LogP contribution is 2.39. The zero-order chi connectivity index (χ0) is 17.0. The highest BCUT2D eigenvalue weighted by Gasteiger charge is 2.34. The summed E-state index contributed by atoms with van der Waals surface area (Å²) in [5, 5.41) is 7.45. The van der Waals surface area contributed by atoms with Gasteiger partial charge < -0.3 is 10.3 Å². The predicted octanol–water partition coefficient (Wildman–Crippen LogP) is 2.41. The molecule has 7 heteroatoms. The highest BCUT2D eigenvalue weighted by molar-refractivity contribution is 5.95. The minimum Gasteiger partial charge on any atom is -0.346 e. The van der Waals surface area contributed by atoms with E-state index in [1.807, 2.05) is 26.8 Å². The van der Waals surface area contributed by atoms with E-state index in [1.165, 1.54) is 0 Å². The van der Waals surface area contributed by atoms with Gasteiger partial charge in [0, 0.05) is 35.8 Å². The number of carbonyl (C=O) groups excluding carboxylic acids is 1. The second-order valence-corrected chi connectivity index (χ2v) is 6.39. The molecular weight excluding hydrogens is 304 g/mol. The van der Waals surface area contributed by atoms with Crippen molar-refractivity contribution in [2.75, 3.05) is 5.32 Å². The van der Waals surface area contributed by atoms with Gasteiger partial charge in [-0.3, -0.25) is 4.79 Å². The van der Waals surface area contributed by atoms with Crippen molar-refractivity contribution in [1.29, 1.82) is 0 Å². The fraction of sp³-hybridized carbons (Fsp3) is 0.412. The summed E-state index contributed by atoms with van der Waals surface area (Å²) in [6, 6.07) is 1.98. The van der Waals surface area contributed by atoms with E-state index in [1.54, 1.807) is 4.52 Å². The molecule has 24 heavy (non-hydrogen) atoms. The standard InChI is InChI=1S/C17H20N6O/c1-5-12-19-10(4)15(20-12)11-7-13(24)21-16-14(11)17-18-8(2)6-9(3)23(17)22-16/h6,11H,5,7H2,1-4H3,(H,19,20)(H,21,22,24). The van der Waals surface area contributed by atoms with Crippen molar-refractivity contribution in [3.63, 3.8) is 0 Å². The minimum absolute atomic E-state index is 0.0364. The van der Waals surface area contributed by atoms with Gasteiger partial charge >= 0.3 is 0 Å². The number of imidazole rings is 1. The Balaban J connectivity index is 1.98. The van der Waals surface area contributed by atoms with E-state index in [2.05, 4.69) is 27.3 Å². The van der Waals surface area contributed by atoms with Gasteiger partial charge in [0.2, 0.25) is 5.91 Å². The number of nitrogens with zero attached hydrogens (tertiary/aromatic N) is 4. The number of H-pyrrole nitrogens is 1. The number of amides is 1. The van der Waals surface area contributed by atoms with E-state index < -0.39 is 0 Å². The van der Waals surface area contributed by atoms with Gasteiger partial charge in [0.15, 0.2) is 11.5 Å². The minimum atomic E-state index is -0.128. The van der Waals surface area contributed by atoms with Crippen molar-refractivity contribution in [2.24, 2.45) is 0 Å². The molecule has 0 fully saturated rings. The van der Waals surface area contributed by atoms with Gasteiger partial charge in [-0.1, -0.05) is 6.92 Å². The third-order valence-corrected chi connectivity index (χ3v) is 4.56. The number of rotatable bonds is 2. The first kappa shape index (κ1) is 14.9. The van der Waals surface area contributed by atoms with Crippen LogP contribution in [0.25, 0.3) is 5.65 Å². The van der Waals surface area contributed by atoms with Crippen LogP contribution in [0, 0.1) is 20.8 Å². The fourth-order valence-electron chi connectivity index (χ4n) is 3.50. The lowest BCUT2D eigenvalue weighted by Gasteiger charge is -2.20. The molecule has 124 valence electrons. The van der Waals surface area contributed by atoms with Crippen LogP contribution in [0.4, 0.5) is 5.82 Å². The first-order valence-corrected chi connectivity index (χ1v) is 8.20. The number of nitrogens with one attached hydrogen (secondary N) is 2. The monoisotopic (exact) mass is 324 g/mol. The lowest BCUT2D eigenvalue weighted by Crippen LogP contribution is -2.23. The van der Waals surface area contributed by atoms with Crippen LogP contribution in [0.1, 0.15) is 53.4 Å². The topological polar surface area (TPSA) is 88.0 Å². The van der Waals surface area contributed by atoms with E-state index >= 15 is 0 Å². The van der Waals surface area contributed by atoms with E-state index in [-0.39, 0.29) is 11.8 Å². The average Bonchev–Trinajstić information content (AvgIpc) is 3.07. The Hall–Kier alpha value is -2.70. The molecule has 0 radical (unpaired) electrons. The van der Waals surface area contributed by atoms with Crippen molar-refractivity contribution in [3.05, 3.63) is 40.2 Å². The highest BCUT2D eigenvalue weighted by atomic mass is 16.1. The molecule has 0 aliphatic carbocycles.